The van der Waals surface area contributed by atoms with E-state index in [0.717, 1.165) is 66.4 Å². The first-order valence-corrected chi connectivity index (χ1v) is 21.5. The van der Waals surface area contributed by atoms with Crippen molar-refractivity contribution < 1.29 is 8.83 Å². The Labute approximate surface area is 356 Å². The van der Waals surface area contributed by atoms with E-state index in [1.807, 2.05) is 6.07 Å². The van der Waals surface area contributed by atoms with Crippen LogP contribution in [-0.4, -0.2) is 6.71 Å². The maximum Gasteiger partial charge on any atom is 0.252 e. The maximum atomic E-state index is 6.51. The van der Waals surface area contributed by atoms with E-state index in [-0.39, 0.29) is 17.5 Å². The van der Waals surface area contributed by atoms with Gasteiger partial charge < -0.3 is 18.6 Å². The van der Waals surface area contributed by atoms with E-state index in [0.29, 0.717) is 0 Å². The first-order valence-electron chi connectivity index (χ1n) is 21.5. The molecule has 0 amide bonds. The van der Waals surface area contributed by atoms with Gasteiger partial charge in [0.1, 0.15) is 22.3 Å². The summed E-state index contributed by atoms with van der Waals surface area (Å²) in [5.41, 5.74) is 19.4. The van der Waals surface area contributed by atoms with Crippen molar-refractivity contribution in [3.8, 4) is 11.1 Å². The van der Waals surface area contributed by atoms with Crippen LogP contribution in [0, 0.1) is 0 Å². The minimum Gasteiger partial charge on any atom is -0.456 e. The topological polar surface area (TPSA) is 32.8 Å². The fraction of sp³-hybridized carbons (Fsp3) is 0.143. The quantitative estimate of drug-likeness (QED) is 0.167. The number of anilines is 6. The maximum absolute atomic E-state index is 6.51. The summed E-state index contributed by atoms with van der Waals surface area (Å²) in [6.07, 6.45) is 0. The third-order valence-electron chi connectivity index (χ3n) is 13.2. The smallest absolute Gasteiger partial charge is 0.252 e. The molecular formula is C56H45BN2O2. The molecule has 61 heavy (non-hydrogen) atoms. The minimum absolute atomic E-state index is 0.0126. The van der Waals surface area contributed by atoms with Crippen molar-refractivity contribution in [3.05, 3.63) is 175 Å². The van der Waals surface area contributed by atoms with Crippen LogP contribution in [0.2, 0.25) is 0 Å². The highest BCUT2D eigenvalue weighted by Crippen LogP contribution is 2.48. The van der Waals surface area contributed by atoms with Gasteiger partial charge in [0.05, 0.1) is 11.1 Å². The van der Waals surface area contributed by atoms with Crippen molar-refractivity contribution in [2.24, 2.45) is 0 Å². The SMILES string of the molecule is CC(C)(C)c1ccc2c(c1)B1c3cc(C(C)(C)C)ccc3N(c3cccc4oc5ccccc5c34)c3cccc(c31)N2c1ccc(-c2cccc3c2oc2ccccc23)cc1. The molecule has 4 nitrogen and oxygen atoms in total. The molecule has 0 bridgehead atoms. The lowest BCUT2D eigenvalue weighted by molar-refractivity contribution is 0.590. The average molecular weight is 789 g/mol. The number of hydrogen-bond acceptors (Lipinski definition) is 4. The average Bonchev–Trinajstić information content (AvgIpc) is 3.84. The van der Waals surface area contributed by atoms with Crippen molar-refractivity contribution >= 4 is 101 Å². The van der Waals surface area contributed by atoms with E-state index in [1.54, 1.807) is 0 Å². The predicted molar refractivity (Wildman–Crippen MR) is 258 cm³/mol. The molecule has 10 aromatic rings. The summed E-state index contributed by atoms with van der Waals surface area (Å²) in [5, 5.41) is 4.52. The van der Waals surface area contributed by atoms with E-state index >= 15 is 0 Å². The number of para-hydroxylation sites is 3. The zero-order chi connectivity index (χ0) is 41.4. The van der Waals surface area contributed by atoms with Gasteiger partial charge >= 0.3 is 0 Å². The fourth-order valence-corrected chi connectivity index (χ4v) is 10.1. The number of benzene rings is 8. The molecule has 0 radical (unpaired) electrons. The number of fused-ring (bicyclic) bond motifs is 10. The van der Waals surface area contributed by atoms with Crippen LogP contribution in [0.25, 0.3) is 55.0 Å². The highest BCUT2D eigenvalue weighted by molar-refractivity contribution is 7.00. The van der Waals surface area contributed by atoms with Crippen molar-refractivity contribution in [2.45, 2.75) is 52.4 Å². The second-order valence-corrected chi connectivity index (χ2v) is 18.9. The lowest BCUT2D eigenvalue weighted by atomic mass is 9.33. The highest BCUT2D eigenvalue weighted by Gasteiger charge is 2.44. The molecule has 0 fully saturated rings. The Morgan fingerprint density at radius 2 is 0.967 bits per heavy atom. The molecule has 0 spiro atoms. The van der Waals surface area contributed by atoms with Gasteiger partial charge in [0, 0.05) is 50.2 Å². The molecule has 0 aliphatic carbocycles. The summed E-state index contributed by atoms with van der Waals surface area (Å²) >= 11 is 0. The number of hydrogen-bond donors (Lipinski definition) is 0. The molecule has 2 aromatic heterocycles. The predicted octanol–water partition coefficient (Wildman–Crippen LogP) is 13.8. The molecule has 4 heterocycles. The molecule has 0 saturated carbocycles. The van der Waals surface area contributed by atoms with Crippen LogP contribution in [-0.2, 0) is 10.8 Å². The van der Waals surface area contributed by atoms with Crippen LogP contribution >= 0.6 is 0 Å². The summed E-state index contributed by atoms with van der Waals surface area (Å²) in [6, 6.07) is 60.0. The van der Waals surface area contributed by atoms with Gasteiger partial charge in [-0.15, -0.1) is 0 Å². The standard InChI is InChI=1S/C56H45BN2O2/c1-55(2,3)35-26-30-44-42(32-35)57-43-33-36(56(4,5)6)27-31-45(43)59(46-18-13-23-51-52(46)41-15-8-10-22-50(41)60-51)48-20-12-19-47(53(48)57)58(44)37-28-24-34(25-29-37)38-16-11-17-40-39-14-7-9-21-49(39)61-54(38)40/h7-33H,1-6H3. The first kappa shape index (κ1) is 35.9. The Bertz CT molecular complexity index is 3410. The largest absolute Gasteiger partial charge is 0.456 e. The van der Waals surface area contributed by atoms with Gasteiger partial charge in [-0.25, -0.2) is 0 Å². The zero-order valence-electron chi connectivity index (χ0n) is 35.4. The van der Waals surface area contributed by atoms with Crippen molar-refractivity contribution in [1.82, 2.24) is 0 Å². The third kappa shape index (κ3) is 5.32. The molecule has 2 aliphatic heterocycles. The Hall–Kier alpha value is -6.98. The molecular weight excluding hydrogens is 743 g/mol. The molecule has 0 atom stereocenters. The van der Waals surface area contributed by atoms with Crippen LogP contribution < -0.4 is 26.2 Å². The van der Waals surface area contributed by atoms with Crippen LogP contribution in [0.3, 0.4) is 0 Å². The molecule has 2 aliphatic rings. The molecule has 0 unspecified atom stereocenters. The van der Waals surface area contributed by atoms with Crippen LogP contribution in [0.15, 0.2) is 173 Å². The zero-order valence-corrected chi connectivity index (χ0v) is 35.4. The van der Waals surface area contributed by atoms with Crippen molar-refractivity contribution in [2.75, 3.05) is 9.80 Å². The van der Waals surface area contributed by atoms with E-state index in [9.17, 15) is 0 Å². The van der Waals surface area contributed by atoms with E-state index in [2.05, 4.69) is 209 Å². The van der Waals surface area contributed by atoms with Crippen LogP contribution in [0.1, 0.15) is 52.7 Å². The summed E-state index contributed by atoms with van der Waals surface area (Å²) in [5.74, 6) is 0. The number of nitrogens with zero attached hydrogens (tertiary/aromatic N) is 2. The van der Waals surface area contributed by atoms with Gasteiger partial charge in [0.2, 0.25) is 0 Å². The summed E-state index contributed by atoms with van der Waals surface area (Å²) in [4.78, 5) is 5.00. The second kappa shape index (κ2) is 12.8. The van der Waals surface area contributed by atoms with Gasteiger partial charge in [-0.1, -0.05) is 145 Å². The van der Waals surface area contributed by atoms with Crippen LogP contribution in [0.4, 0.5) is 34.1 Å². The monoisotopic (exact) mass is 788 g/mol. The lowest BCUT2D eigenvalue weighted by Crippen LogP contribution is -2.61. The Kier molecular flexibility index (Phi) is 7.52. The molecule has 8 aromatic carbocycles. The van der Waals surface area contributed by atoms with Gasteiger partial charge in [0.25, 0.3) is 6.71 Å². The molecule has 5 heteroatoms. The molecule has 294 valence electrons. The second-order valence-electron chi connectivity index (χ2n) is 18.9. The van der Waals surface area contributed by atoms with E-state index < -0.39 is 0 Å². The first-order chi connectivity index (χ1) is 29.5. The third-order valence-corrected chi connectivity index (χ3v) is 13.2. The van der Waals surface area contributed by atoms with Crippen molar-refractivity contribution in [3.63, 3.8) is 0 Å². The molecule has 12 rings (SSSR count). The van der Waals surface area contributed by atoms with Gasteiger partial charge in [-0.3, -0.25) is 0 Å². The fourth-order valence-electron chi connectivity index (χ4n) is 10.1. The summed E-state index contributed by atoms with van der Waals surface area (Å²) in [7, 11) is 0. The molecule has 0 N–H and O–H groups in total. The number of rotatable bonds is 3. The Balaban J connectivity index is 1.11. The van der Waals surface area contributed by atoms with E-state index in [4.69, 9.17) is 8.83 Å². The normalized spacial score (nSPS) is 13.6. The lowest BCUT2D eigenvalue weighted by Gasteiger charge is -2.45. The van der Waals surface area contributed by atoms with E-state index in [1.165, 1.54) is 50.3 Å². The Morgan fingerprint density at radius 1 is 0.426 bits per heavy atom. The van der Waals surface area contributed by atoms with Gasteiger partial charge in [0.15, 0.2) is 0 Å². The van der Waals surface area contributed by atoms with Crippen LogP contribution in [0.5, 0.6) is 0 Å². The van der Waals surface area contributed by atoms with Gasteiger partial charge in [-0.05, 0) is 105 Å². The Morgan fingerprint density at radius 3 is 1.66 bits per heavy atom. The van der Waals surface area contributed by atoms with Gasteiger partial charge in [-0.2, -0.15) is 0 Å². The minimum atomic E-state index is -0.0360. The highest BCUT2D eigenvalue weighted by atomic mass is 16.3. The summed E-state index contributed by atoms with van der Waals surface area (Å²) < 4.78 is 13.0. The molecule has 0 saturated heterocycles. The van der Waals surface area contributed by atoms with Crippen molar-refractivity contribution in [1.29, 1.82) is 0 Å². The number of furan rings is 2. The summed E-state index contributed by atoms with van der Waals surface area (Å²) in [6.45, 7) is 13.9.